The lowest BCUT2D eigenvalue weighted by Crippen LogP contribution is -2.64. The van der Waals surface area contributed by atoms with Crippen LogP contribution in [-0.4, -0.2) is 42.3 Å². The minimum atomic E-state index is -1.19. The summed E-state index contributed by atoms with van der Waals surface area (Å²) < 4.78 is 22.9. The van der Waals surface area contributed by atoms with Crippen molar-refractivity contribution in [2.75, 3.05) is 7.11 Å². The molecule has 4 fully saturated rings. The van der Waals surface area contributed by atoms with Gasteiger partial charge in [0, 0.05) is 28.7 Å². The first kappa shape index (κ1) is 24.0. The van der Waals surface area contributed by atoms with E-state index in [1.54, 1.807) is 26.8 Å². The maximum atomic E-state index is 14.5. The Morgan fingerprint density at radius 3 is 2.54 bits per heavy atom. The average molecular weight is 485 g/mol. The first-order valence-electron chi connectivity index (χ1n) is 12.1. The van der Waals surface area contributed by atoms with E-state index in [2.05, 4.69) is 6.58 Å². The van der Waals surface area contributed by atoms with Crippen molar-refractivity contribution in [1.29, 1.82) is 0 Å². The molecule has 2 saturated heterocycles. The fraction of sp³-hybridized carbons (Fsp3) is 0.630. The molecule has 35 heavy (non-hydrogen) atoms. The summed E-state index contributed by atoms with van der Waals surface area (Å²) in [5.74, 6) is -2.37. The van der Waals surface area contributed by atoms with Gasteiger partial charge in [0.1, 0.15) is 23.3 Å². The molecule has 1 spiro atoms. The minimum absolute atomic E-state index is 0.0101. The molecule has 8 heteroatoms. The molecule has 0 N–H and O–H groups in total. The van der Waals surface area contributed by atoms with Gasteiger partial charge < -0.3 is 18.6 Å². The molecule has 0 unspecified atom stereocenters. The SMILES string of the molecule is C=C1[C@H]2C[C@]3(C)[C@@H](c4ccoc4)OC(=O)C[C@@]13O[C@@H]1CC(=O)C(C)(C)[C@@H](CC(=O)OC)[C@]1(C)C2=O. The number of ketones is 2. The third-order valence-electron chi connectivity index (χ3n) is 9.70. The first-order valence-corrected chi connectivity index (χ1v) is 12.1. The van der Waals surface area contributed by atoms with Crippen molar-refractivity contribution in [3.8, 4) is 0 Å². The Labute approximate surface area is 204 Å². The zero-order valence-electron chi connectivity index (χ0n) is 20.8. The summed E-state index contributed by atoms with van der Waals surface area (Å²) in [7, 11) is 1.29. The van der Waals surface area contributed by atoms with E-state index < -0.39 is 57.8 Å². The topological polar surface area (TPSA) is 109 Å². The van der Waals surface area contributed by atoms with Crippen LogP contribution in [0, 0.1) is 28.1 Å². The summed E-state index contributed by atoms with van der Waals surface area (Å²) in [4.78, 5) is 53.2. The Bertz CT molecular complexity index is 1130. The summed E-state index contributed by atoms with van der Waals surface area (Å²) >= 11 is 0. The number of hydrogen-bond donors (Lipinski definition) is 0. The van der Waals surface area contributed by atoms with Crippen LogP contribution in [0.25, 0.3) is 0 Å². The molecule has 5 rings (SSSR count). The predicted octanol–water partition coefficient (Wildman–Crippen LogP) is 3.74. The molecular formula is C27H32O8. The van der Waals surface area contributed by atoms with Gasteiger partial charge in [0.15, 0.2) is 0 Å². The van der Waals surface area contributed by atoms with Crippen molar-refractivity contribution in [1.82, 2.24) is 0 Å². The van der Waals surface area contributed by atoms with Crippen molar-refractivity contribution >= 4 is 23.5 Å². The molecule has 0 radical (unpaired) electrons. The molecule has 4 aliphatic rings. The van der Waals surface area contributed by atoms with Crippen LogP contribution in [0.2, 0.25) is 0 Å². The zero-order valence-corrected chi connectivity index (χ0v) is 20.8. The second-order valence-corrected chi connectivity index (χ2v) is 11.6. The molecule has 2 bridgehead atoms. The van der Waals surface area contributed by atoms with Crippen molar-refractivity contribution < 1.29 is 37.8 Å². The minimum Gasteiger partial charge on any atom is -0.472 e. The van der Waals surface area contributed by atoms with E-state index in [0.717, 1.165) is 0 Å². The fourth-order valence-electron chi connectivity index (χ4n) is 7.51. The maximum absolute atomic E-state index is 14.5. The Morgan fingerprint density at radius 1 is 1.20 bits per heavy atom. The molecule has 188 valence electrons. The first-order chi connectivity index (χ1) is 16.3. The molecule has 3 heterocycles. The van der Waals surface area contributed by atoms with Crippen LogP contribution in [0.1, 0.15) is 65.0 Å². The molecule has 2 aliphatic heterocycles. The highest BCUT2D eigenvalue weighted by Gasteiger charge is 2.74. The number of Topliss-reactive ketones (excluding diaryl/α,β-unsaturated/α-hetero) is 2. The second-order valence-electron chi connectivity index (χ2n) is 11.6. The van der Waals surface area contributed by atoms with Gasteiger partial charge in [0.25, 0.3) is 0 Å². The Balaban J connectivity index is 1.67. The number of fused-ring (bicyclic) bond motifs is 2. The van der Waals surface area contributed by atoms with Gasteiger partial charge in [0.05, 0.1) is 44.0 Å². The molecule has 1 aromatic heterocycles. The number of rotatable bonds is 3. The summed E-state index contributed by atoms with van der Waals surface area (Å²) in [6.45, 7) is 11.6. The Hall–Kier alpha value is -2.74. The molecule has 0 aromatic carbocycles. The molecule has 1 aromatic rings. The number of carbonyl (C=O) groups is 4. The van der Waals surface area contributed by atoms with Crippen LogP contribution < -0.4 is 0 Å². The number of methoxy groups -OCH3 is 1. The third-order valence-corrected chi connectivity index (χ3v) is 9.70. The fourth-order valence-corrected chi connectivity index (χ4v) is 7.51. The quantitative estimate of drug-likeness (QED) is 0.471. The number of furan rings is 1. The molecule has 0 amide bonds. The van der Waals surface area contributed by atoms with Gasteiger partial charge in [-0.2, -0.15) is 0 Å². The van der Waals surface area contributed by atoms with Gasteiger partial charge in [-0.3, -0.25) is 19.2 Å². The van der Waals surface area contributed by atoms with Crippen LogP contribution in [0.5, 0.6) is 0 Å². The summed E-state index contributed by atoms with van der Waals surface area (Å²) in [5, 5.41) is 0. The molecule has 7 atom stereocenters. The number of esters is 2. The molecular weight excluding hydrogens is 452 g/mol. The van der Waals surface area contributed by atoms with Gasteiger partial charge in [-0.15, -0.1) is 0 Å². The molecule has 2 saturated carbocycles. The summed E-state index contributed by atoms with van der Waals surface area (Å²) in [6, 6.07) is 1.74. The van der Waals surface area contributed by atoms with E-state index in [4.69, 9.17) is 18.6 Å². The molecule has 8 nitrogen and oxygen atoms in total. The largest absolute Gasteiger partial charge is 0.472 e. The van der Waals surface area contributed by atoms with Crippen LogP contribution >= 0.6 is 0 Å². The van der Waals surface area contributed by atoms with E-state index in [1.165, 1.54) is 19.6 Å². The number of cyclic esters (lactones) is 1. The third kappa shape index (κ3) is 2.89. The van der Waals surface area contributed by atoms with Crippen LogP contribution in [0.4, 0.5) is 0 Å². The zero-order chi connectivity index (χ0) is 25.6. The maximum Gasteiger partial charge on any atom is 0.309 e. The lowest BCUT2D eigenvalue weighted by Gasteiger charge is -2.57. The number of hydrogen-bond acceptors (Lipinski definition) is 8. The van der Waals surface area contributed by atoms with Gasteiger partial charge in [-0.05, 0) is 30.9 Å². The van der Waals surface area contributed by atoms with E-state index in [-0.39, 0.29) is 30.8 Å². The predicted molar refractivity (Wildman–Crippen MR) is 122 cm³/mol. The average Bonchev–Trinajstić information content (AvgIpc) is 3.39. The van der Waals surface area contributed by atoms with Crippen molar-refractivity contribution in [2.45, 2.75) is 71.2 Å². The highest BCUT2D eigenvalue weighted by Crippen LogP contribution is 2.69. The van der Waals surface area contributed by atoms with Crippen LogP contribution in [0.15, 0.2) is 35.2 Å². The highest BCUT2D eigenvalue weighted by molar-refractivity contribution is 5.97. The smallest absolute Gasteiger partial charge is 0.309 e. The van der Waals surface area contributed by atoms with Gasteiger partial charge >= 0.3 is 11.9 Å². The standard InChI is InChI=1S/C27H32O8/c1-14-16-11-25(4)23(15-7-8-33-13-15)34-21(30)12-27(14,25)35-19-10-18(28)24(2,3)17(9-20(29)32-6)26(19,5)22(16)31/h7-8,13,16-17,19,23H,1,9-12H2,2-6H3/t16-,17-,19-,23-,25-,26+,27-/m1/s1. The van der Waals surface area contributed by atoms with E-state index in [0.29, 0.717) is 17.6 Å². The number of carbonyl (C=O) groups excluding carboxylic acids is 4. The second kappa shape index (κ2) is 7.38. The summed E-state index contributed by atoms with van der Waals surface area (Å²) in [6.07, 6.45) is 1.74. The molecule has 2 aliphatic carbocycles. The Kier molecular flexibility index (Phi) is 5.06. The lowest BCUT2D eigenvalue weighted by molar-refractivity contribution is -0.243. The van der Waals surface area contributed by atoms with Crippen molar-refractivity contribution in [2.24, 2.45) is 28.1 Å². The monoisotopic (exact) mass is 484 g/mol. The van der Waals surface area contributed by atoms with E-state index in [9.17, 15) is 19.2 Å². The van der Waals surface area contributed by atoms with Gasteiger partial charge in [-0.1, -0.05) is 27.4 Å². The van der Waals surface area contributed by atoms with Crippen molar-refractivity contribution in [3.05, 3.63) is 36.3 Å². The Morgan fingerprint density at radius 2 is 1.91 bits per heavy atom. The van der Waals surface area contributed by atoms with E-state index in [1.807, 2.05) is 6.92 Å². The van der Waals surface area contributed by atoms with Crippen molar-refractivity contribution in [3.63, 3.8) is 0 Å². The van der Waals surface area contributed by atoms with Gasteiger partial charge in [-0.25, -0.2) is 0 Å². The lowest BCUT2D eigenvalue weighted by atomic mass is 9.51. The van der Waals surface area contributed by atoms with Gasteiger partial charge in [0.2, 0.25) is 0 Å². The van der Waals surface area contributed by atoms with E-state index >= 15 is 0 Å². The van der Waals surface area contributed by atoms with Crippen LogP contribution in [-0.2, 0) is 33.4 Å². The number of ether oxygens (including phenoxy) is 3. The van der Waals surface area contributed by atoms with Crippen LogP contribution in [0.3, 0.4) is 0 Å². The highest BCUT2D eigenvalue weighted by atomic mass is 16.6. The normalized spacial score (nSPS) is 42.1. The summed E-state index contributed by atoms with van der Waals surface area (Å²) in [5.41, 5.74) is -2.83.